The SMILES string of the molecule is CCc1ccc(NC(=O)Cn2ncc(NC(=O)OC)n2)cc1. The number of carbonyl (C=O) groups is 2. The van der Waals surface area contributed by atoms with Crippen LogP contribution in [0.1, 0.15) is 12.5 Å². The van der Waals surface area contributed by atoms with E-state index in [0.717, 1.165) is 6.42 Å². The molecule has 0 spiro atoms. The van der Waals surface area contributed by atoms with Crippen molar-refractivity contribution in [3.05, 3.63) is 36.0 Å². The number of nitrogens with zero attached hydrogens (tertiary/aromatic N) is 3. The normalized spacial score (nSPS) is 10.1. The van der Waals surface area contributed by atoms with Gasteiger partial charge in [0.1, 0.15) is 6.54 Å². The molecule has 2 aromatic rings. The quantitative estimate of drug-likeness (QED) is 0.875. The highest BCUT2D eigenvalue weighted by molar-refractivity contribution is 5.90. The van der Waals surface area contributed by atoms with Gasteiger partial charge in [0.2, 0.25) is 5.91 Å². The summed E-state index contributed by atoms with van der Waals surface area (Å²) in [6, 6.07) is 7.61. The smallest absolute Gasteiger partial charge is 0.412 e. The fourth-order valence-corrected chi connectivity index (χ4v) is 1.74. The number of aryl methyl sites for hydroxylation is 1. The Hall–Kier alpha value is -2.90. The van der Waals surface area contributed by atoms with E-state index in [4.69, 9.17) is 0 Å². The average Bonchev–Trinajstić information content (AvgIpc) is 2.94. The summed E-state index contributed by atoms with van der Waals surface area (Å²) in [6.45, 7) is 2.01. The Morgan fingerprint density at radius 3 is 2.59 bits per heavy atom. The minimum atomic E-state index is -0.646. The van der Waals surface area contributed by atoms with Crippen LogP contribution in [0.25, 0.3) is 0 Å². The van der Waals surface area contributed by atoms with E-state index in [9.17, 15) is 9.59 Å². The summed E-state index contributed by atoms with van der Waals surface area (Å²) in [5.41, 5.74) is 1.91. The third-order valence-electron chi connectivity index (χ3n) is 2.88. The molecule has 0 aliphatic heterocycles. The maximum absolute atomic E-state index is 11.9. The fourth-order valence-electron chi connectivity index (χ4n) is 1.74. The molecule has 0 saturated heterocycles. The van der Waals surface area contributed by atoms with Crippen molar-refractivity contribution >= 4 is 23.5 Å². The van der Waals surface area contributed by atoms with Gasteiger partial charge in [0.05, 0.1) is 13.3 Å². The van der Waals surface area contributed by atoms with E-state index in [1.807, 2.05) is 24.3 Å². The van der Waals surface area contributed by atoms with Gasteiger partial charge in [-0.3, -0.25) is 10.1 Å². The highest BCUT2D eigenvalue weighted by Gasteiger charge is 2.08. The fraction of sp³-hybridized carbons (Fsp3) is 0.286. The van der Waals surface area contributed by atoms with Crippen LogP contribution in [0.5, 0.6) is 0 Å². The number of anilines is 2. The van der Waals surface area contributed by atoms with Gasteiger partial charge in [0.15, 0.2) is 5.82 Å². The lowest BCUT2D eigenvalue weighted by molar-refractivity contribution is -0.117. The first kappa shape index (κ1) is 15.5. The molecule has 1 aromatic carbocycles. The van der Waals surface area contributed by atoms with Gasteiger partial charge in [-0.15, -0.1) is 5.10 Å². The second-order valence-electron chi connectivity index (χ2n) is 4.48. The lowest BCUT2D eigenvalue weighted by atomic mass is 10.1. The lowest BCUT2D eigenvalue weighted by Crippen LogP contribution is -2.20. The third-order valence-corrected chi connectivity index (χ3v) is 2.88. The minimum absolute atomic E-state index is 0.0572. The Bertz CT molecular complexity index is 651. The molecule has 0 radical (unpaired) electrons. The van der Waals surface area contributed by atoms with Crippen molar-refractivity contribution in [2.24, 2.45) is 0 Å². The van der Waals surface area contributed by atoms with Gasteiger partial charge in [-0.2, -0.15) is 9.90 Å². The molecule has 2 rings (SSSR count). The van der Waals surface area contributed by atoms with Gasteiger partial charge in [0, 0.05) is 5.69 Å². The molecule has 0 fully saturated rings. The Morgan fingerprint density at radius 2 is 1.95 bits per heavy atom. The third kappa shape index (κ3) is 4.30. The maximum Gasteiger partial charge on any atom is 0.412 e. The molecule has 1 aromatic heterocycles. The molecule has 0 bridgehead atoms. The van der Waals surface area contributed by atoms with Crippen LogP contribution in [0.15, 0.2) is 30.5 Å². The lowest BCUT2D eigenvalue weighted by Gasteiger charge is -2.05. The van der Waals surface area contributed by atoms with E-state index in [0.29, 0.717) is 5.69 Å². The van der Waals surface area contributed by atoms with Crippen molar-refractivity contribution < 1.29 is 14.3 Å². The summed E-state index contributed by atoms with van der Waals surface area (Å²) in [6.07, 6.45) is 1.63. The number of rotatable bonds is 5. The van der Waals surface area contributed by atoms with E-state index in [-0.39, 0.29) is 18.3 Å². The molecule has 0 unspecified atom stereocenters. The molecule has 0 atom stereocenters. The average molecular weight is 303 g/mol. The van der Waals surface area contributed by atoms with Crippen LogP contribution < -0.4 is 10.6 Å². The monoisotopic (exact) mass is 303 g/mol. The zero-order valence-electron chi connectivity index (χ0n) is 12.4. The number of carbonyl (C=O) groups excluding carboxylic acids is 2. The number of hydrogen-bond acceptors (Lipinski definition) is 5. The van der Waals surface area contributed by atoms with Gasteiger partial charge in [-0.25, -0.2) is 4.79 Å². The van der Waals surface area contributed by atoms with Crippen LogP contribution >= 0.6 is 0 Å². The van der Waals surface area contributed by atoms with Crippen molar-refractivity contribution in [3.63, 3.8) is 0 Å². The second-order valence-corrected chi connectivity index (χ2v) is 4.48. The van der Waals surface area contributed by atoms with Gasteiger partial charge in [0.25, 0.3) is 0 Å². The number of aromatic nitrogens is 3. The summed E-state index contributed by atoms with van der Waals surface area (Å²) < 4.78 is 4.44. The summed E-state index contributed by atoms with van der Waals surface area (Å²) >= 11 is 0. The maximum atomic E-state index is 11.9. The molecule has 116 valence electrons. The predicted octanol–water partition coefficient (Wildman–Crippen LogP) is 1.66. The van der Waals surface area contributed by atoms with E-state index < -0.39 is 6.09 Å². The van der Waals surface area contributed by atoms with Gasteiger partial charge in [-0.05, 0) is 24.1 Å². The Morgan fingerprint density at radius 1 is 1.23 bits per heavy atom. The van der Waals surface area contributed by atoms with Crippen LogP contribution in [-0.2, 0) is 22.5 Å². The Labute approximate surface area is 127 Å². The predicted molar refractivity (Wildman–Crippen MR) is 80.5 cm³/mol. The number of nitrogens with one attached hydrogen (secondary N) is 2. The molecular formula is C14H17N5O3. The minimum Gasteiger partial charge on any atom is -0.453 e. The van der Waals surface area contributed by atoms with Crippen molar-refractivity contribution in [3.8, 4) is 0 Å². The van der Waals surface area contributed by atoms with E-state index in [2.05, 4.69) is 32.5 Å². The van der Waals surface area contributed by atoms with Gasteiger partial charge in [-0.1, -0.05) is 19.1 Å². The standard InChI is InChI=1S/C14H17N5O3/c1-3-10-4-6-11(7-5-10)16-13(20)9-19-15-8-12(18-19)17-14(21)22-2/h4-8H,3,9H2,1-2H3,(H,16,20)(H,17,18,21). The van der Waals surface area contributed by atoms with Crippen molar-refractivity contribution in [2.75, 3.05) is 17.7 Å². The van der Waals surface area contributed by atoms with Crippen LogP contribution in [0.4, 0.5) is 16.3 Å². The highest BCUT2D eigenvalue weighted by Crippen LogP contribution is 2.10. The Kier molecular flexibility index (Phi) is 5.07. The topological polar surface area (TPSA) is 98.1 Å². The largest absolute Gasteiger partial charge is 0.453 e. The number of benzene rings is 1. The first-order valence-corrected chi connectivity index (χ1v) is 6.74. The zero-order chi connectivity index (χ0) is 15.9. The summed E-state index contributed by atoms with van der Waals surface area (Å²) in [5.74, 6) is -0.0450. The number of amides is 2. The van der Waals surface area contributed by atoms with Crippen molar-refractivity contribution in [2.45, 2.75) is 19.9 Å². The molecule has 0 aliphatic rings. The molecule has 0 aliphatic carbocycles. The molecule has 8 nitrogen and oxygen atoms in total. The van der Waals surface area contributed by atoms with Crippen LogP contribution in [-0.4, -0.2) is 34.1 Å². The number of hydrogen-bond donors (Lipinski definition) is 2. The molecule has 2 amide bonds. The molecule has 8 heteroatoms. The van der Waals surface area contributed by atoms with Crippen LogP contribution in [0.2, 0.25) is 0 Å². The number of methoxy groups -OCH3 is 1. The molecular weight excluding hydrogens is 286 g/mol. The molecule has 0 saturated carbocycles. The molecule has 1 heterocycles. The Balaban J connectivity index is 1.89. The van der Waals surface area contributed by atoms with Crippen molar-refractivity contribution in [1.29, 1.82) is 0 Å². The first-order valence-electron chi connectivity index (χ1n) is 6.74. The van der Waals surface area contributed by atoms with E-state index in [1.165, 1.54) is 23.7 Å². The molecule has 22 heavy (non-hydrogen) atoms. The van der Waals surface area contributed by atoms with E-state index >= 15 is 0 Å². The number of ether oxygens (including phenoxy) is 1. The summed E-state index contributed by atoms with van der Waals surface area (Å²) in [7, 11) is 1.25. The summed E-state index contributed by atoms with van der Waals surface area (Å²) in [4.78, 5) is 24.1. The van der Waals surface area contributed by atoms with Crippen molar-refractivity contribution in [1.82, 2.24) is 15.0 Å². The summed E-state index contributed by atoms with van der Waals surface area (Å²) in [5, 5.41) is 12.9. The highest BCUT2D eigenvalue weighted by atomic mass is 16.5. The zero-order valence-corrected chi connectivity index (χ0v) is 12.4. The first-order chi connectivity index (χ1) is 10.6. The molecule has 2 N–H and O–H groups in total. The van der Waals surface area contributed by atoms with Gasteiger partial charge < -0.3 is 10.1 Å². The van der Waals surface area contributed by atoms with Gasteiger partial charge >= 0.3 is 6.09 Å². The van der Waals surface area contributed by atoms with Crippen LogP contribution in [0, 0.1) is 0 Å². The van der Waals surface area contributed by atoms with Crippen LogP contribution in [0.3, 0.4) is 0 Å². The van der Waals surface area contributed by atoms with E-state index in [1.54, 1.807) is 0 Å². The second kappa shape index (κ2) is 7.21.